The zero-order valence-corrected chi connectivity index (χ0v) is 13.1. The fourth-order valence-corrected chi connectivity index (χ4v) is 1.30. The van der Waals surface area contributed by atoms with Crippen molar-refractivity contribution < 1.29 is 44.7 Å². The molecule has 8 heteroatoms. The molecule has 0 saturated carbocycles. The molecule has 0 aliphatic carbocycles. The summed E-state index contributed by atoms with van der Waals surface area (Å²) in [6, 6.07) is 0. The van der Waals surface area contributed by atoms with Crippen LogP contribution < -0.4 is 46.1 Å². The maximum absolute atomic E-state index is 11.0. The zero-order valence-electron chi connectivity index (χ0n) is 11.2. The Morgan fingerprint density at radius 2 is 2.12 bits per heavy atom. The first-order chi connectivity index (χ1) is 7.31. The molecule has 0 aromatic rings. The van der Waals surface area contributed by atoms with Gasteiger partial charge in [0.05, 0.1) is 0 Å². The number of rotatable bonds is 11. The average molecular weight is 262 g/mol. The molecule has 0 spiro atoms. The van der Waals surface area contributed by atoms with Crippen LogP contribution in [0.5, 0.6) is 0 Å². The smallest absolute Gasteiger partial charge is 1.00 e. The van der Waals surface area contributed by atoms with Crippen LogP contribution in [0.15, 0.2) is 0 Å². The van der Waals surface area contributed by atoms with Gasteiger partial charge in [0.2, 0.25) is 0 Å². The van der Waals surface area contributed by atoms with Crippen LogP contribution in [0.25, 0.3) is 0 Å². The molecule has 0 fully saturated rings. The maximum atomic E-state index is 11.0. The van der Waals surface area contributed by atoms with E-state index in [0.29, 0.717) is 19.7 Å². The van der Waals surface area contributed by atoms with E-state index in [2.05, 4.69) is 10.8 Å². The Kier molecular flexibility index (Phi) is 19.1. The molecule has 1 atom stereocenters. The van der Waals surface area contributed by atoms with E-state index in [1.165, 1.54) is 0 Å². The fraction of sp³-hybridized carbons (Fsp3) is 1.00. The van der Waals surface area contributed by atoms with Gasteiger partial charge in [0.15, 0.2) is 0 Å². The minimum atomic E-state index is -2.03. The Hall–Kier alpha value is 0.900. The molecule has 0 saturated heterocycles. The van der Waals surface area contributed by atoms with Crippen molar-refractivity contribution in [1.82, 2.24) is 10.8 Å². The van der Waals surface area contributed by atoms with E-state index < -0.39 is 8.25 Å². The summed E-state index contributed by atoms with van der Waals surface area (Å²) in [5.41, 5.74) is 7.84. The molecule has 1 unspecified atom stereocenters. The van der Waals surface area contributed by atoms with Crippen LogP contribution in [0, 0.1) is 0 Å². The van der Waals surface area contributed by atoms with Crippen LogP contribution in [0.4, 0.5) is 0 Å². The Morgan fingerprint density at radius 1 is 1.38 bits per heavy atom. The van der Waals surface area contributed by atoms with Crippen LogP contribution in [0.3, 0.4) is 0 Å². The summed E-state index contributed by atoms with van der Waals surface area (Å²) in [5, 5.41) is 3.06. The molecule has 0 rings (SSSR count). The number of nitrogens with two attached hydrogens (primary N) is 1. The standard InChI is InChI=1S/C8H21N3O3P.Na.H/c1-2-3-8-13-15(12)14-11-7-6-10-5-4-9;;/h10-11H,2-9H2,1H3;;/q2*+1;-1. The molecule has 0 amide bonds. The Morgan fingerprint density at radius 3 is 2.75 bits per heavy atom. The van der Waals surface area contributed by atoms with Crippen LogP contribution in [-0.2, 0) is 13.7 Å². The molecule has 0 aromatic heterocycles. The molecule has 16 heavy (non-hydrogen) atoms. The van der Waals surface area contributed by atoms with Gasteiger partial charge in [-0.25, -0.2) is 0 Å². The second-order valence-corrected chi connectivity index (χ2v) is 3.82. The first-order valence-electron chi connectivity index (χ1n) is 5.22. The topological polar surface area (TPSA) is 85.6 Å². The molecule has 0 aliphatic heterocycles. The summed E-state index contributed by atoms with van der Waals surface area (Å²) >= 11 is 0. The van der Waals surface area contributed by atoms with E-state index >= 15 is 0 Å². The molecular formula is C8H22N3NaO3P+. The van der Waals surface area contributed by atoms with Crippen LogP contribution >= 0.6 is 8.25 Å². The third-order valence-corrected chi connectivity index (χ3v) is 2.23. The van der Waals surface area contributed by atoms with E-state index in [0.717, 1.165) is 25.9 Å². The van der Waals surface area contributed by atoms with Crippen molar-refractivity contribution in [2.24, 2.45) is 5.73 Å². The van der Waals surface area contributed by atoms with E-state index in [4.69, 9.17) is 14.9 Å². The van der Waals surface area contributed by atoms with Crippen molar-refractivity contribution in [2.75, 3.05) is 32.8 Å². The Labute approximate surface area is 122 Å². The molecular weight excluding hydrogens is 240 g/mol. The summed E-state index contributed by atoms with van der Waals surface area (Å²) in [5.74, 6) is 0. The summed E-state index contributed by atoms with van der Waals surface area (Å²) in [7, 11) is -2.03. The third-order valence-electron chi connectivity index (χ3n) is 1.56. The minimum absolute atomic E-state index is 0. The zero-order chi connectivity index (χ0) is 11.4. The predicted molar refractivity (Wildman–Crippen MR) is 60.6 cm³/mol. The number of unbranched alkanes of at least 4 members (excludes halogenated alkanes) is 1. The van der Waals surface area contributed by atoms with Crippen molar-refractivity contribution in [3.05, 3.63) is 0 Å². The van der Waals surface area contributed by atoms with Gasteiger partial charge in [-0.2, -0.15) is 0 Å². The first kappa shape index (κ1) is 19.2. The second kappa shape index (κ2) is 15.9. The van der Waals surface area contributed by atoms with Crippen molar-refractivity contribution in [2.45, 2.75) is 19.8 Å². The summed E-state index contributed by atoms with van der Waals surface area (Å²) in [6.07, 6.45) is 1.90. The SMILES string of the molecule is CCCCO[P+](=O)ONCCNCCN.[H-].[Na+]. The molecule has 4 N–H and O–H groups in total. The second-order valence-electron chi connectivity index (χ2n) is 2.93. The normalized spacial score (nSPS) is 11.0. The molecule has 6 nitrogen and oxygen atoms in total. The van der Waals surface area contributed by atoms with Gasteiger partial charge in [0.1, 0.15) is 6.61 Å². The quantitative estimate of drug-likeness (QED) is 0.167. The Balaban J connectivity index is -0.000000980. The summed E-state index contributed by atoms with van der Waals surface area (Å²) < 4.78 is 20.6. The van der Waals surface area contributed by atoms with E-state index in [1.54, 1.807) is 0 Å². The predicted octanol–water partition coefficient (Wildman–Crippen LogP) is -2.35. The van der Waals surface area contributed by atoms with Gasteiger partial charge >= 0.3 is 37.8 Å². The third kappa shape index (κ3) is 14.9. The summed E-state index contributed by atoms with van der Waals surface area (Å²) in [4.78, 5) is 0. The molecule has 0 heterocycles. The molecule has 0 radical (unpaired) electrons. The van der Waals surface area contributed by atoms with Gasteiger partial charge in [-0.05, 0) is 11.0 Å². The average Bonchev–Trinajstić information content (AvgIpc) is 2.23. The van der Waals surface area contributed by atoms with Gasteiger partial charge in [-0.15, -0.1) is 10.0 Å². The van der Waals surface area contributed by atoms with Crippen molar-refractivity contribution in [3.63, 3.8) is 0 Å². The number of hydrogen-bond donors (Lipinski definition) is 3. The molecule has 0 aliphatic rings. The van der Waals surface area contributed by atoms with E-state index in [1.807, 2.05) is 6.92 Å². The molecule has 0 bridgehead atoms. The molecule has 92 valence electrons. The monoisotopic (exact) mass is 262 g/mol. The first-order valence-corrected chi connectivity index (χ1v) is 6.31. The van der Waals surface area contributed by atoms with Crippen molar-refractivity contribution in [3.8, 4) is 0 Å². The van der Waals surface area contributed by atoms with Gasteiger partial charge in [0, 0.05) is 30.7 Å². The van der Waals surface area contributed by atoms with Crippen molar-refractivity contribution in [1.29, 1.82) is 0 Å². The van der Waals surface area contributed by atoms with Gasteiger partial charge in [-0.1, -0.05) is 13.3 Å². The maximum Gasteiger partial charge on any atom is 1.00 e. The van der Waals surface area contributed by atoms with Gasteiger partial charge < -0.3 is 12.5 Å². The number of nitrogens with one attached hydrogen (secondary N) is 2. The van der Waals surface area contributed by atoms with E-state index in [-0.39, 0.29) is 31.0 Å². The number of hydrogen-bond acceptors (Lipinski definition) is 6. The Bertz CT molecular complexity index is 171. The van der Waals surface area contributed by atoms with Crippen LogP contribution in [-0.4, -0.2) is 32.8 Å². The van der Waals surface area contributed by atoms with Gasteiger partial charge in [0.25, 0.3) is 0 Å². The van der Waals surface area contributed by atoms with E-state index in [9.17, 15) is 4.57 Å². The minimum Gasteiger partial charge on any atom is -1.00 e. The fourth-order valence-electron chi connectivity index (χ4n) is 0.775. The van der Waals surface area contributed by atoms with Crippen LogP contribution in [0.2, 0.25) is 0 Å². The largest absolute Gasteiger partial charge is 1.00 e. The van der Waals surface area contributed by atoms with Crippen LogP contribution in [0.1, 0.15) is 21.2 Å². The molecule has 0 aromatic carbocycles. The number of hydroxylamine groups is 1. The van der Waals surface area contributed by atoms with Crippen molar-refractivity contribution >= 4 is 8.25 Å². The van der Waals surface area contributed by atoms with Gasteiger partial charge in [-0.3, -0.25) is 0 Å². The summed E-state index contributed by atoms with van der Waals surface area (Å²) in [6.45, 7) is 5.17.